The second kappa shape index (κ2) is 7.70. The van der Waals surface area contributed by atoms with Gasteiger partial charge < -0.3 is 14.6 Å². The zero-order valence-electron chi connectivity index (χ0n) is 11.4. The number of alkyl halides is 3. The number of methoxy groups -OCH3 is 1. The molecule has 118 valence electrons. The number of rotatable bonds is 5. The molecule has 2 atom stereocenters. The third-order valence-corrected chi connectivity index (χ3v) is 6.49. The molecule has 1 amide bonds. The molecule has 0 bridgehead atoms. The number of hydrogen-bond donors (Lipinski definition) is 1. The Labute approximate surface area is 138 Å². The Morgan fingerprint density at radius 1 is 1.33 bits per heavy atom. The normalized spacial score (nSPS) is 15.9. The minimum absolute atomic E-state index is 0.117. The van der Waals surface area contributed by atoms with Crippen LogP contribution < -0.4 is 10.6 Å². The molecule has 1 aromatic rings. The molecule has 1 rings (SSSR count). The van der Waals surface area contributed by atoms with Gasteiger partial charge in [-0.15, -0.1) is 0 Å². The van der Waals surface area contributed by atoms with Crippen molar-refractivity contribution >= 4 is 53.6 Å². The summed E-state index contributed by atoms with van der Waals surface area (Å²) >= 11 is 17.6. The van der Waals surface area contributed by atoms with Crippen molar-refractivity contribution in [3.05, 3.63) is 30.3 Å². The lowest BCUT2D eigenvalue weighted by Gasteiger charge is -2.32. The molecule has 5 nitrogen and oxygen atoms in total. The zero-order valence-corrected chi connectivity index (χ0v) is 14.5. The van der Waals surface area contributed by atoms with Crippen molar-refractivity contribution in [3.63, 3.8) is 0 Å². The van der Waals surface area contributed by atoms with Crippen LogP contribution in [0.3, 0.4) is 0 Å². The Kier molecular flexibility index (Phi) is 6.82. The lowest BCUT2D eigenvalue weighted by atomic mass is 10.4. The summed E-state index contributed by atoms with van der Waals surface area (Å²) < 4.78 is 21.1. The molecule has 0 aliphatic heterocycles. The van der Waals surface area contributed by atoms with E-state index in [9.17, 15) is 9.36 Å². The summed E-state index contributed by atoms with van der Waals surface area (Å²) in [7, 11) is -2.53. The fraction of sp³-hybridized carbons (Fsp3) is 0.417. The van der Waals surface area contributed by atoms with E-state index >= 15 is 0 Å². The van der Waals surface area contributed by atoms with Crippen molar-refractivity contribution in [1.82, 2.24) is 5.32 Å². The van der Waals surface area contributed by atoms with Gasteiger partial charge in [-0.3, -0.25) is 4.57 Å². The second-order valence-electron chi connectivity index (χ2n) is 3.93. The lowest BCUT2D eigenvalue weighted by molar-refractivity contribution is 0.168. The van der Waals surface area contributed by atoms with Crippen molar-refractivity contribution in [1.29, 1.82) is 0 Å². The van der Waals surface area contributed by atoms with Crippen LogP contribution in [-0.4, -0.2) is 29.4 Å². The predicted molar refractivity (Wildman–Crippen MR) is 84.9 cm³/mol. The van der Waals surface area contributed by atoms with Crippen LogP contribution in [0.4, 0.5) is 4.79 Å². The van der Waals surface area contributed by atoms with Gasteiger partial charge in [-0.25, -0.2) is 4.79 Å². The van der Waals surface area contributed by atoms with Crippen molar-refractivity contribution in [2.75, 3.05) is 13.7 Å². The van der Waals surface area contributed by atoms with E-state index in [1.54, 1.807) is 37.3 Å². The topological polar surface area (TPSA) is 64.6 Å². The Balaban J connectivity index is 3.32. The molecule has 0 spiro atoms. The highest BCUT2D eigenvalue weighted by atomic mass is 35.6. The van der Waals surface area contributed by atoms with Gasteiger partial charge in [0.2, 0.25) is 3.79 Å². The van der Waals surface area contributed by atoms with Gasteiger partial charge in [0, 0.05) is 5.30 Å². The third-order valence-electron chi connectivity index (χ3n) is 2.53. The summed E-state index contributed by atoms with van der Waals surface area (Å²) in [5.41, 5.74) is 0. The third kappa shape index (κ3) is 4.76. The average Bonchev–Trinajstić information content (AvgIpc) is 2.44. The molecule has 0 aliphatic carbocycles. The van der Waals surface area contributed by atoms with Crippen LogP contribution in [0.25, 0.3) is 0 Å². The minimum Gasteiger partial charge on any atom is -0.453 e. The molecule has 9 heteroatoms. The highest BCUT2D eigenvalue weighted by Crippen LogP contribution is 2.57. The first-order valence-corrected chi connectivity index (χ1v) is 8.79. The van der Waals surface area contributed by atoms with E-state index in [4.69, 9.17) is 39.3 Å². The summed E-state index contributed by atoms with van der Waals surface area (Å²) in [6.45, 7) is 1.77. The number of carbonyl (C=O) groups excluding carboxylic acids is 1. The molecule has 0 fully saturated rings. The largest absolute Gasteiger partial charge is 0.453 e. The van der Waals surface area contributed by atoms with E-state index in [1.807, 2.05) is 0 Å². The molecule has 0 saturated heterocycles. The number of halogens is 3. The van der Waals surface area contributed by atoms with Crippen LogP contribution >= 0.6 is 42.2 Å². The number of carbonyl (C=O) groups is 1. The van der Waals surface area contributed by atoms with E-state index in [2.05, 4.69) is 10.1 Å². The van der Waals surface area contributed by atoms with Crippen LogP contribution in [0.2, 0.25) is 0 Å². The summed E-state index contributed by atoms with van der Waals surface area (Å²) in [5, 5.41) is 2.62. The van der Waals surface area contributed by atoms with Gasteiger partial charge >= 0.3 is 6.09 Å². The van der Waals surface area contributed by atoms with Gasteiger partial charge in [-0.2, -0.15) is 0 Å². The highest BCUT2D eigenvalue weighted by molar-refractivity contribution is 7.68. The van der Waals surface area contributed by atoms with E-state index in [-0.39, 0.29) is 6.61 Å². The van der Waals surface area contributed by atoms with E-state index in [0.29, 0.717) is 5.30 Å². The van der Waals surface area contributed by atoms with Gasteiger partial charge in [-0.1, -0.05) is 53.0 Å². The highest BCUT2D eigenvalue weighted by Gasteiger charge is 2.49. The van der Waals surface area contributed by atoms with Crippen LogP contribution in [-0.2, 0) is 13.8 Å². The molecule has 0 aliphatic rings. The summed E-state index contributed by atoms with van der Waals surface area (Å²) in [6.07, 6.45) is -0.873. The fourth-order valence-corrected chi connectivity index (χ4v) is 5.20. The summed E-state index contributed by atoms with van der Waals surface area (Å²) in [6, 6.07) is 8.26. The fourth-order valence-electron chi connectivity index (χ4n) is 1.66. The van der Waals surface area contributed by atoms with Crippen LogP contribution in [0.1, 0.15) is 6.92 Å². The molecule has 0 saturated carbocycles. The molecule has 1 N–H and O–H groups in total. The number of alkyl carbamates (subject to hydrolysis) is 1. The smallest absolute Gasteiger partial charge is 0.407 e. The molecule has 0 aromatic heterocycles. The maximum absolute atomic E-state index is 13.3. The SMILES string of the molecule is CCO[P@](=O)(c1ccccc1)[C@H](NC(=O)OC)C(Cl)(Cl)Cl. The molecular formula is C12H15Cl3NO4P. The molecule has 1 aromatic carbocycles. The first kappa shape index (κ1) is 18.6. The second-order valence-corrected chi connectivity index (χ2v) is 8.78. The summed E-state index contributed by atoms with van der Waals surface area (Å²) in [5.74, 6) is -1.38. The van der Waals surface area contributed by atoms with Crippen molar-refractivity contribution in [2.24, 2.45) is 0 Å². The van der Waals surface area contributed by atoms with Gasteiger partial charge in [0.25, 0.3) is 7.37 Å². The Morgan fingerprint density at radius 3 is 2.33 bits per heavy atom. The first-order valence-electron chi connectivity index (χ1n) is 5.96. The number of amides is 1. The maximum Gasteiger partial charge on any atom is 0.407 e. The average molecular weight is 375 g/mol. The Bertz CT molecular complexity index is 521. The molecule has 0 unspecified atom stereocenters. The van der Waals surface area contributed by atoms with Crippen LogP contribution in [0.5, 0.6) is 0 Å². The molecule has 0 radical (unpaired) electrons. The predicted octanol–water partition coefficient (Wildman–Crippen LogP) is 3.68. The molecular weight excluding hydrogens is 359 g/mol. The number of hydrogen-bond acceptors (Lipinski definition) is 4. The maximum atomic E-state index is 13.3. The molecule has 21 heavy (non-hydrogen) atoms. The van der Waals surface area contributed by atoms with Crippen molar-refractivity contribution < 1.29 is 18.6 Å². The number of benzene rings is 1. The Hall–Kier alpha value is -0.450. The van der Waals surface area contributed by atoms with Gasteiger partial charge in [-0.05, 0) is 19.1 Å². The van der Waals surface area contributed by atoms with Crippen molar-refractivity contribution in [2.45, 2.75) is 16.5 Å². The van der Waals surface area contributed by atoms with E-state index < -0.39 is 23.0 Å². The standard InChI is InChI=1S/C12H15Cl3NO4P/c1-3-20-21(18,9-7-5-4-6-8-9)10(12(13,14)15)16-11(17)19-2/h4-8,10H,3H2,1-2H3,(H,16,17)/t10-,21+/m0/s1. The monoisotopic (exact) mass is 373 g/mol. The van der Waals surface area contributed by atoms with Gasteiger partial charge in [0.15, 0.2) is 5.78 Å². The van der Waals surface area contributed by atoms with E-state index in [0.717, 1.165) is 7.11 Å². The number of nitrogens with one attached hydrogen (secondary N) is 1. The molecule has 0 heterocycles. The summed E-state index contributed by atoms with van der Waals surface area (Å²) in [4.78, 5) is 11.5. The van der Waals surface area contributed by atoms with Crippen LogP contribution in [0.15, 0.2) is 30.3 Å². The van der Waals surface area contributed by atoms with Crippen molar-refractivity contribution in [3.8, 4) is 0 Å². The minimum atomic E-state index is -3.68. The van der Waals surface area contributed by atoms with Crippen LogP contribution in [0, 0.1) is 0 Å². The zero-order chi connectivity index (χ0) is 16.1. The first-order chi connectivity index (χ1) is 9.75. The van der Waals surface area contributed by atoms with Gasteiger partial charge in [0.1, 0.15) is 0 Å². The lowest BCUT2D eigenvalue weighted by Crippen LogP contribution is -2.45. The van der Waals surface area contributed by atoms with E-state index in [1.165, 1.54) is 0 Å². The quantitative estimate of drug-likeness (QED) is 0.631. The van der Waals surface area contributed by atoms with Gasteiger partial charge in [0.05, 0.1) is 13.7 Å². The number of ether oxygens (including phenoxy) is 1. The Morgan fingerprint density at radius 2 is 1.90 bits per heavy atom.